The fourth-order valence-electron chi connectivity index (χ4n) is 4.50. The summed E-state index contributed by atoms with van der Waals surface area (Å²) in [5, 5.41) is 12.8. The molecule has 8 nitrogen and oxygen atoms in total. The molecule has 0 spiro atoms. The molecule has 33 heavy (non-hydrogen) atoms. The summed E-state index contributed by atoms with van der Waals surface area (Å²) >= 11 is 6.21. The zero-order valence-corrected chi connectivity index (χ0v) is 19.5. The molecule has 2 aliphatic rings. The lowest BCUT2D eigenvalue weighted by molar-refractivity contribution is -0.146. The number of rotatable bonds is 6. The van der Waals surface area contributed by atoms with Crippen LogP contribution < -0.4 is 14.8 Å². The number of anilines is 1. The van der Waals surface area contributed by atoms with E-state index in [1.807, 2.05) is 13.8 Å². The van der Waals surface area contributed by atoms with Crippen molar-refractivity contribution in [3.63, 3.8) is 0 Å². The van der Waals surface area contributed by atoms with Crippen molar-refractivity contribution in [3.05, 3.63) is 39.5 Å². The molecule has 174 valence electrons. The van der Waals surface area contributed by atoms with Crippen LogP contribution in [0, 0.1) is 25.2 Å². The molecule has 0 saturated heterocycles. The van der Waals surface area contributed by atoms with Gasteiger partial charge in [0.25, 0.3) is 5.91 Å². The Hall–Kier alpha value is -3.18. The van der Waals surface area contributed by atoms with E-state index in [-0.39, 0.29) is 12.5 Å². The van der Waals surface area contributed by atoms with E-state index in [1.165, 1.54) is 0 Å². The zero-order chi connectivity index (χ0) is 23.5. The summed E-state index contributed by atoms with van der Waals surface area (Å²) in [5.41, 5.74) is 2.88. The van der Waals surface area contributed by atoms with Gasteiger partial charge in [0, 0.05) is 11.7 Å². The molecule has 0 unspecified atom stereocenters. The first-order chi connectivity index (χ1) is 15.9. The third-order valence-corrected chi connectivity index (χ3v) is 6.47. The number of hydrogen-bond acceptors (Lipinski definition) is 6. The van der Waals surface area contributed by atoms with E-state index in [4.69, 9.17) is 25.8 Å². The largest absolute Gasteiger partial charge is 0.486 e. The van der Waals surface area contributed by atoms with E-state index >= 15 is 0 Å². The maximum atomic E-state index is 12.6. The predicted molar refractivity (Wildman–Crippen MR) is 122 cm³/mol. The minimum absolute atomic E-state index is 0.0657. The standard InChI is InChI=1S/C24H26ClN3O5/c1-14-15(2)28(17-5-3-4-6-17)24(18(14)12-26)27-21(29)13-33-22(30)11-16-9-19(25)23-20(10-16)31-7-8-32-23/h9-10,17H,3-8,11,13H2,1-2H3,(H,27,29). The predicted octanol–water partition coefficient (Wildman–Crippen LogP) is 4.24. The van der Waals surface area contributed by atoms with Crippen LogP contribution in [-0.2, 0) is 20.7 Å². The Morgan fingerprint density at radius 1 is 1.24 bits per heavy atom. The lowest BCUT2D eigenvalue weighted by atomic mass is 10.1. The molecule has 2 aromatic rings. The number of esters is 1. The van der Waals surface area contributed by atoms with E-state index in [2.05, 4.69) is 16.0 Å². The van der Waals surface area contributed by atoms with Crippen LogP contribution in [0.4, 0.5) is 5.82 Å². The number of halogens is 1. The number of carbonyl (C=O) groups excluding carboxylic acids is 2. The quantitative estimate of drug-likeness (QED) is 0.632. The summed E-state index contributed by atoms with van der Waals surface area (Å²) in [4.78, 5) is 24.9. The van der Waals surface area contributed by atoms with Gasteiger partial charge in [-0.2, -0.15) is 5.26 Å². The first kappa shape index (κ1) is 23.0. The smallest absolute Gasteiger partial charge is 0.310 e. The molecule has 1 amide bonds. The number of benzene rings is 1. The SMILES string of the molecule is Cc1c(C#N)c(NC(=O)COC(=O)Cc2cc(Cl)c3c(c2)OCCO3)n(C2CCCC2)c1C. The Labute approximate surface area is 197 Å². The Bertz CT molecular complexity index is 1130. The fraction of sp³-hybridized carbons (Fsp3) is 0.458. The number of nitrogens with zero attached hydrogens (tertiary/aromatic N) is 2. The van der Waals surface area contributed by atoms with Gasteiger partial charge in [-0.05, 0) is 49.9 Å². The number of amides is 1. The molecule has 1 N–H and O–H groups in total. The van der Waals surface area contributed by atoms with Crippen molar-refractivity contribution in [1.82, 2.24) is 4.57 Å². The summed E-state index contributed by atoms with van der Waals surface area (Å²) in [6.45, 7) is 4.22. The average Bonchev–Trinajstić information content (AvgIpc) is 3.39. The van der Waals surface area contributed by atoms with E-state index < -0.39 is 18.5 Å². The summed E-state index contributed by atoms with van der Waals surface area (Å²) in [6, 6.07) is 5.76. The minimum atomic E-state index is -0.572. The molecule has 1 aromatic heterocycles. The molecule has 0 bridgehead atoms. The summed E-state index contributed by atoms with van der Waals surface area (Å²) in [6.07, 6.45) is 4.20. The monoisotopic (exact) mass is 471 g/mol. The maximum absolute atomic E-state index is 12.6. The first-order valence-electron chi connectivity index (χ1n) is 11.0. The van der Waals surface area contributed by atoms with Gasteiger partial charge >= 0.3 is 5.97 Å². The first-order valence-corrected chi connectivity index (χ1v) is 11.4. The molecule has 0 atom stereocenters. The van der Waals surface area contributed by atoms with Crippen molar-refractivity contribution in [2.45, 2.75) is 52.0 Å². The second kappa shape index (κ2) is 9.75. The molecule has 9 heteroatoms. The topological polar surface area (TPSA) is 103 Å². The van der Waals surface area contributed by atoms with Crippen LogP contribution >= 0.6 is 11.6 Å². The lowest BCUT2D eigenvalue weighted by Gasteiger charge is -2.20. The normalized spacial score (nSPS) is 15.2. The van der Waals surface area contributed by atoms with Crippen molar-refractivity contribution in [2.75, 3.05) is 25.1 Å². The molecule has 1 saturated carbocycles. The molecule has 4 rings (SSSR count). The summed E-state index contributed by atoms with van der Waals surface area (Å²) in [5.74, 6) is 0.369. The third kappa shape index (κ3) is 4.79. The van der Waals surface area contributed by atoms with Crippen LogP contribution in [-0.4, -0.2) is 36.3 Å². The summed E-state index contributed by atoms with van der Waals surface area (Å²) < 4.78 is 18.2. The molecule has 1 aromatic carbocycles. The second-order valence-corrected chi connectivity index (χ2v) is 8.75. The van der Waals surface area contributed by atoms with Crippen molar-refractivity contribution in [2.24, 2.45) is 0 Å². The van der Waals surface area contributed by atoms with Crippen molar-refractivity contribution >= 4 is 29.3 Å². The molecule has 2 heterocycles. The van der Waals surface area contributed by atoms with Crippen LogP contribution in [0.25, 0.3) is 0 Å². The second-order valence-electron chi connectivity index (χ2n) is 8.34. The number of ether oxygens (including phenoxy) is 3. The Kier molecular flexibility index (Phi) is 6.80. The van der Waals surface area contributed by atoms with Gasteiger partial charge in [0.2, 0.25) is 0 Å². The average molecular weight is 472 g/mol. The highest BCUT2D eigenvalue weighted by molar-refractivity contribution is 6.32. The van der Waals surface area contributed by atoms with Crippen molar-refractivity contribution < 1.29 is 23.8 Å². The minimum Gasteiger partial charge on any atom is -0.486 e. The fourth-order valence-corrected chi connectivity index (χ4v) is 4.79. The van der Waals surface area contributed by atoms with Crippen LogP contribution in [0.2, 0.25) is 5.02 Å². The summed E-state index contributed by atoms with van der Waals surface area (Å²) in [7, 11) is 0. The Morgan fingerprint density at radius 3 is 2.70 bits per heavy atom. The highest BCUT2D eigenvalue weighted by atomic mass is 35.5. The molecule has 1 fully saturated rings. The Balaban J connectivity index is 1.40. The van der Waals surface area contributed by atoms with Crippen LogP contribution in [0.1, 0.15) is 54.1 Å². The van der Waals surface area contributed by atoms with Gasteiger partial charge < -0.3 is 24.1 Å². The lowest BCUT2D eigenvalue weighted by Crippen LogP contribution is -2.24. The number of carbonyl (C=O) groups is 2. The molecule has 1 aliphatic carbocycles. The number of aromatic nitrogens is 1. The number of hydrogen-bond donors (Lipinski definition) is 1. The maximum Gasteiger partial charge on any atom is 0.310 e. The molecule has 0 radical (unpaired) electrons. The number of nitrogens with one attached hydrogen (secondary N) is 1. The highest BCUT2D eigenvalue weighted by Crippen LogP contribution is 2.39. The van der Waals surface area contributed by atoms with Crippen molar-refractivity contribution in [1.29, 1.82) is 5.26 Å². The van der Waals surface area contributed by atoms with Gasteiger partial charge in [0.05, 0.1) is 17.0 Å². The van der Waals surface area contributed by atoms with Gasteiger partial charge in [-0.3, -0.25) is 9.59 Å². The van der Waals surface area contributed by atoms with E-state index in [0.717, 1.165) is 36.9 Å². The molecule has 1 aliphatic heterocycles. The van der Waals surface area contributed by atoms with Gasteiger partial charge in [0.1, 0.15) is 25.1 Å². The Morgan fingerprint density at radius 2 is 1.97 bits per heavy atom. The van der Waals surface area contributed by atoms with E-state index in [9.17, 15) is 14.9 Å². The van der Waals surface area contributed by atoms with Gasteiger partial charge in [-0.1, -0.05) is 24.4 Å². The van der Waals surface area contributed by atoms with Gasteiger partial charge in [0.15, 0.2) is 18.1 Å². The third-order valence-electron chi connectivity index (χ3n) is 6.19. The van der Waals surface area contributed by atoms with Crippen LogP contribution in [0.5, 0.6) is 11.5 Å². The van der Waals surface area contributed by atoms with E-state index in [1.54, 1.807) is 12.1 Å². The highest BCUT2D eigenvalue weighted by Gasteiger charge is 2.27. The molecular weight excluding hydrogens is 446 g/mol. The van der Waals surface area contributed by atoms with Gasteiger partial charge in [-0.15, -0.1) is 0 Å². The van der Waals surface area contributed by atoms with Crippen LogP contribution in [0.15, 0.2) is 12.1 Å². The van der Waals surface area contributed by atoms with E-state index in [0.29, 0.717) is 46.7 Å². The van der Waals surface area contributed by atoms with Gasteiger partial charge in [-0.25, -0.2) is 0 Å². The van der Waals surface area contributed by atoms with Crippen LogP contribution in [0.3, 0.4) is 0 Å². The van der Waals surface area contributed by atoms with Crippen molar-refractivity contribution in [3.8, 4) is 17.6 Å². The number of nitriles is 1. The number of fused-ring (bicyclic) bond motifs is 1. The molecular formula is C24H26ClN3O5. The zero-order valence-electron chi connectivity index (χ0n) is 18.7.